The average Bonchev–Trinajstić information content (AvgIpc) is 2.26. The molecule has 4 heteroatoms. The van der Waals surface area contributed by atoms with E-state index >= 15 is 0 Å². The van der Waals surface area contributed by atoms with E-state index in [2.05, 4.69) is 5.73 Å². The van der Waals surface area contributed by atoms with Crippen LogP contribution in [0.25, 0.3) is 0 Å². The van der Waals surface area contributed by atoms with Gasteiger partial charge < -0.3 is 15.9 Å². The molecule has 0 fully saturated rings. The number of rotatable bonds is 1. The van der Waals surface area contributed by atoms with E-state index in [1.54, 1.807) is 12.1 Å². The molecule has 0 radical (unpaired) electrons. The maximum absolute atomic E-state index is 9.24. The Hall–Kier alpha value is -1.55. The highest BCUT2D eigenvalue weighted by molar-refractivity contribution is 5.68. The number of carboxylic acids is 1. The molecule has 0 amide bonds. The summed E-state index contributed by atoms with van der Waals surface area (Å²) >= 11 is 0. The van der Waals surface area contributed by atoms with Crippen LogP contribution in [0.4, 0.5) is 0 Å². The Labute approximate surface area is 90.4 Å². The van der Waals surface area contributed by atoms with Crippen LogP contribution in [0, 0.1) is 6.92 Å². The summed E-state index contributed by atoms with van der Waals surface area (Å²) in [5.74, 6) is -0.638. The molecule has 0 aromatic heterocycles. The quantitative estimate of drug-likeness (QED) is 0.663. The van der Waals surface area contributed by atoms with Gasteiger partial charge >= 0.3 is 5.97 Å². The molecule has 0 unspecified atom stereocenters. The molecule has 1 aromatic carbocycles. The normalized spacial score (nSPS) is 7.73. The van der Waals surface area contributed by atoms with Crippen LogP contribution in [0.15, 0.2) is 24.3 Å². The Morgan fingerprint density at radius 3 is 1.80 bits per heavy atom. The van der Waals surface area contributed by atoms with Crippen LogP contribution < -0.4 is 5.73 Å². The molecule has 0 heterocycles. The first kappa shape index (κ1) is 15.9. The Balaban J connectivity index is 0. The lowest BCUT2D eigenvalue weighted by atomic mass is 10.2. The number of phenolic OH excluding ortho intramolecular Hbond substituents is 1. The Kier molecular flexibility index (Phi) is 11.2. The van der Waals surface area contributed by atoms with Gasteiger partial charge in [0.1, 0.15) is 5.75 Å². The molecule has 0 saturated carbocycles. The SMILES string of the molecule is CC.Cc1ccc(O)cc1.NCC(=O)O. The molecule has 0 aliphatic carbocycles. The number of aromatic hydroxyl groups is 1. The van der Waals surface area contributed by atoms with Crippen LogP contribution in [0.5, 0.6) is 5.75 Å². The van der Waals surface area contributed by atoms with Crippen molar-refractivity contribution in [3.63, 3.8) is 0 Å². The van der Waals surface area contributed by atoms with Gasteiger partial charge in [-0.05, 0) is 19.1 Å². The highest BCUT2D eigenvalue weighted by Crippen LogP contribution is 2.07. The van der Waals surface area contributed by atoms with Crippen LogP contribution in [0.1, 0.15) is 19.4 Å². The fraction of sp³-hybridized carbons (Fsp3) is 0.364. The second kappa shape index (κ2) is 10.5. The minimum Gasteiger partial charge on any atom is -0.508 e. The van der Waals surface area contributed by atoms with Crippen LogP contribution >= 0.6 is 0 Å². The summed E-state index contributed by atoms with van der Waals surface area (Å²) in [6, 6.07) is 7.09. The monoisotopic (exact) mass is 213 g/mol. The lowest BCUT2D eigenvalue weighted by Crippen LogP contribution is -2.10. The Bertz CT molecular complexity index is 236. The summed E-state index contributed by atoms with van der Waals surface area (Å²) in [5.41, 5.74) is 5.74. The van der Waals surface area contributed by atoms with E-state index < -0.39 is 5.97 Å². The number of aliphatic carboxylic acids is 1. The van der Waals surface area contributed by atoms with Crippen LogP contribution in [-0.2, 0) is 4.79 Å². The lowest BCUT2D eigenvalue weighted by Gasteiger charge is -1.89. The van der Waals surface area contributed by atoms with E-state index in [0.717, 1.165) is 0 Å². The number of phenols is 1. The standard InChI is InChI=1S/C7H8O.C2H5NO2.C2H6/c1-6-2-4-7(8)5-3-6;3-1-2(4)5;1-2/h2-5,8H,1H3;1,3H2,(H,4,5);1-2H3. The van der Waals surface area contributed by atoms with Gasteiger partial charge in [0.05, 0.1) is 6.54 Å². The molecule has 86 valence electrons. The maximum Gasteiger partial charge on any atom is 0.317 e. The van der Waals surface area contributed by atoms with Crippen molar-refractivity contribution in [1.29, 1.82) is 0 Å². The molecule has 15 heavy (non-hydrogen) atoms. The number of carboxylic acid groups (broad SMARTS) is 1. The second-order valence-electron chi connectivity index (χ2n) is 2.43. The molecule has 4 N–H and O–H groups in total. The van der Waals surface area contributed by atoms with Crippen molar-refractivity contribution < 1.29 is 15.0 Å². The van der Waals surface area contributed by atoms with Crippen LogP contribution in [0.2, 0.25) is 0 Å². The summed E-state index contributed by atoms with van der Waals surface area (Å²) < 4.78 is 0. The molecule has 1 rings (SSSR count). The molecular formula is C11H19NO3. The van der Waals surface area contributed by atoms with Crippen molar-refractivity contribution in [2.75, 3.05) is 6.54 Å². The van der Waals surface area contributed by atoms with Gasteiger partial charge in [-0.3, -0.25) is 4.79 Å². The number of carbonyl (C=O) groups is 1. The molecule has 0 saturated heterocycles. The molecule has 0 atom stereocenters. The van der Waals surface area contributed by atoms with Crippen LogP contribution in [0.3, 0.4) is 0 Å². The topological polar surface area (TPSA) is 83.5 Å². The van der Waals surface area contributed by atoms with Gasteiger partial charge in [-0.15, -0.1) is 0 Å². The maximum atomic E-state index is 9.24. The molecule has 0 spiro atoms. The fourth-order valence-electron chi connectivity index (χ4n) is 0.545. The smallest absolute Gasteiger partial charge is 0.317 e. The van der Waals surface area contributed by atoms with Gasteiger partial charge in [-0.25, -0.2) is 0 Å². The van der Waals surface area contributed by atoms with E-state index in [1.807, 2.05) is 32.9 Å². The molecule has 1 aromatic rings. The van der Waals surface area contributed by atoms with E-state index in [0.29, 0.717) is 5.75 Å². The predicted octanol–water partition coefficient (Wildman–Crippen LogP) is 1.76. The molecule has 0 aliphatic rings. The summed E-state index contributed by atoms with van der Waals surface area (Å²) in [7, 11) is 0. The van der Waals surface area contributed by atoms with Gasteiger partial charge in [0.15, 0.2) is 0 Å². The minimum absolute atomic E-state index is 0.278. The van der Waals surface area contributed by atoms with Crippen molar-refractivity contribution in [3.8, 4) is 5.75 Å². The van der Waals surface area contributed by atoms with Gasteiger partial charge in [0, 0.05) is 0 Å². The van der Waals surface area contributed by atoms with Crippen molar-refractivity contribution in [2.24, 2.45) is 5.73 Å². The van der Waals surface area contributed by atoms with Crippen LogP contribution in [-0.4, -0.2) is 22.7 Å². The van der Waals surface area contributed by atoms with Crippen molar-refractivity contribution in [2.45, 2.75) is 20.8 Å². The number of benzene rings is 1. The zero-order valence-corrected chi connectivity index (χ0v) is 9.40. The molecule has 0 bridgehead atoms. The highest BCUT2D eigenvalue weighted by atomic mass is 16.4. The highest BCUT2D eigenvalue weighted by Gasteiger charge is 1.82. The average molecular weight is 213 g/mol. The largest absolute Gasteiger partial charge is 0.508 e. The Morgan fingerprint density at radius 2 is 1.60 bits per heavy atom. The molecule has 0 aliphatic heterocycles. The predicted molar refractivity (Wildman–Crippen MR) is 60.9 cm³/mol. The van der Waals surface area contributed by atoms with Crippen molar-refractivity contribution in [3.05, 3.63) is 29.8 Å². The molecular weight excluding hydrogens is 194 g/mol. The summed E-state index contributed by atoms with van der Waals surface area (Å²) in [6.45, 7) is 5.71. The van der Waals surface area contributed by atoms with Crippen molar-refractivity contribution >= 4 is 5.97 Å². The fourth-order valence-corrected chi connectivity index (χ4v) is 0.545. The number of hydrogen-bond acceptors (Lipinski definition) is 3. The zero-order valence-electron chi connectivity index (χ0n) is 9.40. The first-order valence-corrected chi connectivity index (χ1v) is 4.73. The minimum atomic E-state index is -0.968. The van der Waals surface area contributed by atoms with E-state index in [1.165, 1.54) is 5.56 Å². The van der Waals surface area contributed by atoms with E-state index in [4.69, 9.17) is 10.2 Å². The molecule has 4 nitrogen and oxygen atoms in total. The van der Waals surface area contributed by atoms with Gasteiger partial charge in [-0.2, -0.15) is 0 Å². The van der Waals surface area contributed by atoms with Gasteiger partial charge in [0.2, 0.25) is 0 Å². The van der Waals surface area contributed by atoms with E-state index in [9.17, 15) is 4.79 Å². The summed E-state index contributed by atoms with van der Waals surface area (Å²) in [4.78, 5) is 9.24. The van der Waals surface area contributed by atoms with E-state index in [-0.39, 0.29) is 6.54 Å². The second-order valence-corrected chi connectivity index (χ2v) is 2.43. The number of nitrogens with two attached hydrogens (primary N) is 1. The van der Waals surface area contributed by atoms with Gasteiger partial charge in [-0.1, -0.05) is 31.5 Å². The third-order valence-electron chi connectivity index (χ3n) is 1.21. The number of aryl methyl sites for hydroxylation is 1. The first-order chi connectivity index (χ1) is 7.06. The zero-order chi connectivity index (χ0) is 12.3. The third kappa shape index (κ3) is 12.4. The third-order valence-corrected chi connectivity index (χ3v) is 1.21. The lowest BCUT2D eigenvalue weighted by molar-refractivity contribution is -0.135. The Morgan fingerprint density at radius 1 is 1.27 bits per heavy atom. The first-order valence-electron chi connectivity index (χ1n) is 4.73. The summed E-state index contributed by atoms with van der Waals surface area (Å²) in [6.07, 6.45) is 0. The summed E-state index contributed by atoms with van der Waals surface area (Å²) in [5, 5.41) is 16.4. The van der Waals surface area contributed by atoms with Crippen molar-refractivity contribution in [1.82, 2.24) is 0 Å². The number of hydrogen-bond donors (Lipinski definition) is 3. The van der Waals surface area contributed by atoms with Gasteiger partial charge in [0.25, 0.3) is 0 Å².